The second kappa shape index (κ2) is 12.2. The van der Waals surface area contributed by atoms with Gasteiger partial charge in [0.25, 0.3) is 0 Å². The number of amides is 1. The summed E-state index contributed by atoms with van der Waals surface area (Å²) in [4.78, 5) is 20.7. The van der Waals surface area contributed by atoms with Crippen molar-refractivity contribution in [2.75, 3.05) is 44.1 Å². The Balaban J connectivity index is 1.40. The van der Waals surface area contributed by atoms with E-state index in [1.165, 1.54) is 13.2 Å². The monoisotopic (exact) mass is 519 g/mol. The molecule has 1 aliphatic heterocycles. The summed E-state index contributed by atoms with van der Waals surface area (Å²) < 4.78 is 24.9. The molecule has 2 aromatic heterocycles. The summed E-state index contributed by atoms with van der Waals surface area (Å²) in [5, 5.41) is 10.1. The van der Waals surface area contributed by atoms with Crippen LogP contribution in [0.5, 0.6) is 0 Å². The Morgan fingerprint density at radius 2 is 1.94 bits per heavy atom. The topological polar surface area (TPSA) is 97.4 Å². The molecule has 0 aromatic carbocycles. The third-order valence-corrected chi connectivity index (χ3v) is 7.38. The van der Waals surface area contributed by atoms with Crippen LogP contribution in [0.15, 0.2) is 24.4 Å². The van der Waals surface area contributed by atoms with Gasteiger partial charge in [0.15, 0.2) is 11.6 Å². The van der Waals surface area contributed by atoms with Crippen LogP contribution >= 0.6 is 11.6 Å². The Hall–Kier alpha value is -2.49. The highest BCUT2D eigenvalue weighted by atomic mass is 35.5. The fourth-order valence-corrected chi connectivity index (χ4v) is 4.96. The van der Waals surface area contributed by atoms with Gasteiger partial charge in [0.2, 0.25) is 5.91 Å². The zero-order chi connectivity index (χ0) is 25.5. The Labute approximate surface area is 216 Å². The molecule has 1 amide bonds. The molecule has 2 fully saturated rings. The van der Waals surface area contributed by atoms with Crippen LogP contribution in [-0.4, -0.2) is 61.4 Å². The van der Waals surface area contributed by atoms with E-state index in [0.29, 0.717) is 28.6 Å². The van der Waals surface area contributed by atoms with Crippen LogP contribution in [-0.2, 0) is 14.3 Å². The highest BCUT2D eigenvalue weighted by molar-refractivity contribution is 6.33. The lowest BCUT2D eigenvalue weighted by molar-refractivity contribution is -0.125. The molecule has 0 radical (unpaired) electrons. The fraction of sp³-hybridized carbons (Fsp3) is 0.577. The number of hydrogen-bond donors (Lipinski definition) is 3. The van der Waals surface area contributed by atoms with Gasteiger partial charge in [-0.05, 0) is 62.1 Å². The third-order valence-electron chi connectivity index (χ3n) is 7.08. The van der Waals surface area contributed by atoms with Crippen molar-refractivity contribution in [1.29, 1.82) is 0 Å². The van der Waals surface area contributed by atoms with E-state index in [-0.39, 0.29) is 35.8 Å². The number of nitrogens with zero attached hydrogens (tertiary/aromatic N) is 2. The van der Waals surface area contributed by atoms with E-state index in [1.54, 1.807) is 12.3 Å². The molecule has 0 atom stereocenters. The lowest BCUT2D eigenvalue weighted by Gasteiger charge is -2.33. The molecule has 1 aliphatic carbocycles. The molecular formula is C26H35ClFN5O3. The molecule has 3 heterocycles. The number of methoxy groups -OCH3 is 1. The van der Waals surface area contributed by atoms with Crippen LogP contribution < -0.4 is 16.0 Å². The first kappa shape index (κ1) is 26.6. The maximum absolute atomic E-state index is 14.6. The van der Waals surface area contributed by atoms with Crippen molar-refractivity contribution in [3.63, 3.8) is 0 Å². The SMILES string of the molecule is COCC(=O)N[C@H]1CC[C@H](Nc2cc(-c3ccc(F)c(NCC4(C)CCOCC4)n3)c(Cl)cn2)CC1. The maximum atomic E-state index is 14.6. The second-order valence-electron chi connectivity index (χ2n) is 10.0. The Bertz CT molecular complexity index is 1040. The largest absolute Gasteiger partial charge is 0.381 e. The number of anilines is 2. The number of ether oxygens (including phenoxy) is 2. The Morgan fingerprint density at radius 3 is 2.67 bits per heavy atom. The maximum Gasteiger partial charge on any atom is 0.246 e. The minimum Gasteiger partial charge on any atom is -0.381 e. The number of nitrogens with one attached hydrogen (secondary N) is 3. The quantitative estimate of drug-likeness (QED) is 0.443. The molecule has 0 unspecified atom stereocenters. The molecule has 3 N–H and O–H groups in total. The lowest BCUT2D eigenvalue weighted by Crippen LogP contribution is -2.41. The summed E-state index contributed by atoms with van der Waals surface area (Å²) in [5.74, 6) is 0.431. The van der Waals surface area contributed by atoms with Gasteiger partial charge in [0, 0.05) is 50.7 Å². The number of aromatic nitrogens is 2. The summed E-state index contributed by atoms with van der Waals surface area (Å²) in [7, 11) is 1.51. The van der Waals surface area contributed by atoms with Crippen LogP contribution in [0, 0.1) is 11.2 Å². The molecule has 2 aliphatic rings. The van der Waals surface area contributed by atoms with Crippen LogP contribution in [0.4, 0.5) is 16.0 Å². The van der Waals surface area contributed by atoms with Crippen LogP contribution in [0.1, 0.15) is 45.4 Å². The lowest BCUT2D eigenvalue weighted by atomic mass is 9.82. The molecule has 10 heteroatoms. The summed E-state index contributed by atoms with van der Waals surface area (Å²) >= 11 is 6.47. The zero-order valence-electron chi connectivity index (χ0n) is 20.9. The zero-order valence-corrected chi connectivity index (χ0v) is 21.7. The molecule has 36 heavy (non-hydrogen) atoms. The van der Waals surface area contributed by atoms with Crippen LogP contribution in [0.25, 0.3) is 11.3 Å². The summed E-state index contributed by atoms with van der Waals surface area (Å²) in [6.45, 7) is 4.33. The number of halogens is 2. The van der Waals surface area contributed by atoms with Crippen molar-refractivity contribution >= 4 is 29.1 Å². The van der Waals surface area contributed by atoms with Gasteiger partial charge in [-0.15, -0.1) is 0 Å². The summed E-state index contributed by atoms with van der Waals surface area (Å²) in [6.07, 6.45) is 7.02. The number of hydrogen-bond acceptors (Lipinski definition) is 7. The van der Waals surface area contributed by atoms with Gasteiger partial charge in [-0.1, -0.05) is 18.5 Å². The fourth-order valence-electron chi connectivity index (χ4n) is 4.76. The molecule has 0 spiro atoms. The first-order chi connectivity index (χ1) is 17.3. The van der Waals surface area contributed by atoms with E-state index >= 15 is 0 Å². The van der Waals surface area contributed by atoms with Crippen molar-refractivity contribution in [3.05, 3.63) is 35.2 Å². The molecule has 0 bridgehead atoms. The second-order valence-corrected chi connectivity index (χ2v) is 10.5. The van der Waals surface area contributed by atoms with Gasteiger partial charge in [-0.2, -0.15) is 0 Å². The average Bonchev–Trinajstić information content (AvgIpc) is 2.87. The summed E-state index contributed by atoms with van der Waals surface area (Å²) in [5.41, 5.74) is 1.31. The Morgan fingerprint density at radius 1 is 1.22 bits per heavy atom. The minimum atomic E-state index is -0.396. The molecular weight excluding hydrogens is 485 g/mol. The standard InChI is InChI=1S/C26H35ClFN5O3/c1-26(9-11-36-12-10-26)16-30-25-21(28)7-8-22(33-25)19-13-23(29-14-20(19)27)31-17-3-5-18(6-4-17)32-24(34)15-35-2/h7-8,13-14,17-18H,3-6,9-12,15-16H2,1-2H3,(H,29,31)(H,30,33)(H,32,34)/t17-,18-. The summed E-state index contributed by atoms with van der Waals surface area (Å²) in [6, 6.07) is 5.31. The van der Waals surface area contributed by atoms with Gasteiger partial charge in [-0.3, -0.25) is 4.79 Å². The van der Waals surface area contributed by atoms with Crippen molar-refractivity contribution in [2.24, 2.45) is 5.41 Å². The molecule has 4 rings (SSSR count). The Kier molecular flexibility index (Phi) is 8.98. The predicted octanol–water partition coefficient (Wildman–Crippen LogP) is 4.65. The van der Waals surface area contributed by atoms with Gasteiger partial charge < -0.3 is 25.4 Å². The molecule has 1 saturated carbocycles. The smallest absolute Gasteiger partial charge is 0.246 e. The molecule has 2 aromatic rings. The van der Waals surface area contributed by atoms with E-state index in [1.807, 2.05) is 6.07 Å². The average molecular weight is 520 g/mol. The van der Waals surface area contributed by atoms with Gasteiger partial charge in [-0.25, -0.2) is 14.4 Å². The van der Waals surface area contributed by atoms with E-state index in [9.17, 15) is 9.18 Å². The van der Waals surface area contributed by atoms with Crippen molar-refractivity contribution in [3.8, 4) is 11.3 Å². The van der Waals surface area contributed by atoms with Crippen LogP contribution in [0.3, 0.4) is 0 Å². The van der Waals surface area contributed by atoms with E-state index in [2.05, 4.69) is 32.8 Å². The van der Waals surface area contributed by atoms with Gasteiger partial charge in [0.05, 0.1) is 10.7 Å². The van der Waals surface area contributed by atoms with E-state index in [0.717, 1.165) is 51.7 Å². The number of carbonyl (C=O) groups excluding carboxylic acids is 1. The highest BCUT2D eigenvalue weighted by Crippen LogP contribution is 2.33. The van der Waals surface area contributed by atoms with Crippen molar-refractivity contribution in [2.45, 2.75) is 57.5 Å². The predicted molar refractivity (Wildman–Crippen MR) is 139 cm³/mol. The van der Waals surface area contributed by atoms with Gasteiger partial charge in [0.1, 0.15) is 12.4 Å². The highest BCUT2D eigenvalue weighted by Gasteiger charge is 2.28. The normalized spacial score (nSPS) is 21.6. The van der Waals surface area contributed by atoms with Crippen LogP contribution in [0.2, 0.25) is 5.02 Å². The first-order valence-corrected chi connectivity index (χ1v) is 12.9. The minimum absolute atomic E-state index is 0.0410. The first-order valence-electron chi connectivity index (χ1n) is 12.5. The van der Waals surface area contributed by atoms with Crippen molar-refractivity contribution in [1.82, 2.24) is 15.3 Å². The van der Waals surface area contributed by atoms with E-state index < -0.39 is 5.82 Å². The number of rotatable bonds is 9. The number of carbonyl (C=O) groups is 1. The molecule has 8 nitrogen and oxygen atoms in total. The van der Waals surface area contributed by atoms with E-state index in [4.69, 9.17) is 21.1 Å². The van der Waals surface area contributed by atoms with Gasteiger partial charge >= 0.3 is 0 Å². The third kappa shape index (κ3) is 7.05. The number of pyridine rings is 2. The molecule has 196 valence electrons. The molecule has 1 saturated heterocycles. The van der Waals surface area contributed by atoms with Crippen molar-refractivity contribution < 1.29 is 18.7 Å².